The Hall–Kier alpha value is -6.02. The van der Waals surface area contributed by atoms with Crippen LogP contribution in [0.4, 0.5) is 5.69 Å². The third-order valence-electron chi connectivity index (χ3n) is 14.3. The van der Waals surface area contributed by atoms with Crippen molar-refractivity contribution in [3.63, 3.8) is 0 Å². The Kier molecular flexibility index (Phi) is 16.4. The summed E-state index contributed by atoms with van der Waals surface area (Å²) in [7, 11) is 0. The molecule has 0 radical (unpaired) electrons. The Bertz CT molecular complexity index is 2650. The van der Waals surface area contributed by atoms with Gasteiger partial charge in [0, 0.05) is 60.7 Å². The van der Waals surface area contributed by atoms with Gasteiger partial charge in [0.2, 0.25) is 17.7 Å². The summed E-state index contributed by atoms with van der Waals surface area (Å²) in [6, 6.07) is 20.6. The maximum absolute atomic E-state index is 14.4. The highest BCUT2D eigenvalue weighted by atomic mass is 35.5. The number of aromatic nitrogens is 1. The van der Waals surface area contributed by atoms with E-state index in [1.165, 1.54) is 11.8 Å². The molecule has 17 heteroatoms. The maximum atomic E-state index is 14.4. The summed E-state index contributed by atoms with van der Waals surface area (Å²) in [5, 5.41) is 22.3. The number of hydrogen-bond donors (Lipinski definition) is 4. The molecule has 4 N–H and O–H groups in total. The number of aryl methyl sites for hydroxylation is 1. The van der Waals surface area contributed by atoms with Crippen molar-refractivity contribution in [1.29, 1.82) is 5.26 Å². The molecule has 1 saturated heterocycles. The second kappa shape index (κ2) is 22.0. The van der Waals surface area contributed by atoms with Gasteiger partial charge in [-0.25, -0.2) is 4.98 Å². The van der Waals surface area contributed by atoms with Crippen LogP contribution >= 0.6 is 22.9 Å². The van der Waals surface area contributed by atoms with Crippen LogP contribution in [0.1, 0.15) is 121 Å². The second-order valence-corrected chi connectivity index (χ2v) is 22.9. The van der Waals surface area contributed by atoms with Crippen molar-refractivity contribution < 1.29 is 38.2 Å². The van der Waals surface area contributed by atoms with Crippen LogP contribution in [0.15, 0.2) is 72.2 Å². The lowest BCUT2D eigenvalue weighted by atomic mass is 9.49. The number of ether oxygens (including phenoxy) is 3. The molecule has 4 amide bonds. The fourth-order valence-corrected chi connectivity index (χ4v) is 11.6. The summed E-state index contributed by atoms with van der Waals surface area (Å²) in [4.78, 5) is 74.2. The van der Waals surface area contributed by atoms with Crippen LogP contribution in [0.3, 0.4) is 0 Å². The van der Waals surface area contributed by atoms with Crippen LogP contribution in [0.25, 0.3) is 10.4 Å². The Morgan fingerprint density at radius 1 is 0.958 bits per heavy atom. The number of nitriles is 1. The largest absolute Gasteiger partial charge is 0.489 e. The first-order valence-corrected chi connectivity index (χ1v) is 26.0. The molecule has 2 aliphatic carbocycles. The minimum atomic E-state index is -0.982. The molecule has 0 spiro atoms. The summed E-state index contributed by atoms with van der Waals surface area (Å²) in [5.41, 5.74) is 4.60. The topological polar surface area (TPSA) is 201 Å². The molecule has 4 aromatic rings. The third kappa shape index (κ3) is 12.2. The van der Waals surface area contributed by atoms with E-state index in [9.17, 15) is 29.2 Å². The van der Waals surface area contributed by atoms with Gasteiger partial charge in [0.25, 0.3) is 5.91 Å². The molecule has 384 valence electrons. The molecular weight excluding hydrogens is 954 g/mol. The smallest absolute Gasteiger partial charge is 0.302 e. The molecule has 7 rings (SSSR count). The first kappa shape index (κ1) is 53.8. The van der Waals surface area contributed by atoms with Crippen molar-refractivity contribution in [2.24, 2.45) is 16.2 Å². The van der Waals surface area contributed by atoms with E-state index in [0.29, 0.717) is 35.1 Å². The number of esters is 1. The number of thiazole rings is 1. The molecule has 1 unspecified atom stereocenters. The minimum Gasteiger partial charge on any atom is -0.489 e. The number of likely N-dealkylation sites (tertiary alicyclic amines) is 1. The predicted molar refractivity (Wildman–Crippen MR) is 277 cm³/mol. The van der Waals surface area contributed by atoms with Crippen molar-refractivity contribution in [2.75, 3.05) is 31.6 Å². The van der Waals surface area contributed by atoms with Crippen molar-refractivity contribution in [2.45, 2.75) is 137 Å². The molecule has 1 aliphatic heterocycles. The normalized spacial score (nSPS) is 20.8. The first-order valence-electron chi connectivity index (χ1n) is 24.7. The zero-order chi connectivity index (χ0) is 52.2. The minimum absolute atomic E-state index is 0.0264. The average Bonchev–Trinajstić information content (AvgIpc) is 3.78. The molecule has 0 bridgehead atoms. The highest BCUT2D eigenvalue weighted by Crippen LogP contribution is 2.56. The van der Waals surface area contributed by atoms with E-state index < -0.39 is 46.9 Å². The van der Waals surface area contributed by atoms with Gasteiger partial charge >= 0.3 is 5.97 Å². The number of nitrogens with zero attached hydrogens (tertiary/aromatic N) is 3. The van der Waals surface area contributed by atoms with Gasteiger partial charge < -0.3 is 40.4 Å². The van der Waals surface area contributed by atoms with Gasteiger partial charge in [-0.2, -0.15) is 5.26 Å². The highest BCUT2D eigenvalue weighted by molar-refractivity contribution is 7.13. The Morgan fingerprint density at radius 2 is 1.65 bits per heavy atom. The zero-order valence-corrected chi connectivity index (χ0v) is 44.4. The molecule has 1 aromatic heterocycles. The second-order valence-electron chi connectivity index (χ2n) is 21.7. The lowest BCUT2D eigenvalue weighted by Crippen LogP contribution is -2.74. The van der Waals surface area contributed by atoms with E-state index in [2.05, 4.69) is 60.0 Å². The average molecular weight is 1020 g/mol. The van der Waals surface area contributed by atoms with Crippen LogP contribution < -0.4 is 26.0 Å². The molecule has 3 atom stereocenters. The van der Waals surface area contributed by atoms with E-state index in [1.807, 2.05) is 69.6 Å². The zero-order valence-electron chi connectivity index (χ0n) is 42.8. The van der Waals surface area contributed by atoms with Crippen molar-refractivity contribution in [3.8, 4) is 22.3 Å². The third-order valence-corrected chi connectivity index (χ3v) is 15.6. The van der Waals surface area contributed by atoms with Crippen LogP contribution in [-0.2, 0) is 34.2 Å². The summed E-state index contributed by atoms with van der Waals surface area (Å²) >= 11 is 7.83. The van der Waals surface area contributed by atoms with Crippen molar-refractivity contribution in [1.82, 2.24) is 25.8 Å². The molecule has 3 aromatic carbocycles. The number of benzene rings is 3. The van der Waals surface area contributed by atoms with Crippen molar-refractivity contribution in [3.05, 3.63) is 99.6 Å². The summed E-state index contributed by atoms with van der Waals surface area (Å²) < 4.78 is 17.6. The van der Waals surface area contributed by atoms with Gasteiger partial charge in [0.15, 0.2) is 0 Å². The number of anilines is 1. The molecule has 15 nitrogen and oxygen atoms in total. The number of carbonyl (C=O) groups excluding carboxylic acids is 5. The van der Waals surface area contributed by atoms with E-state index in [1.54, 1.807) is 41.7 Å². The molecule has 2 saturated carbocycles. The van der Waals surface area contributed by atoms with Gasteiger partial charge in [-0.3, -0.25) is 24.0 Å². The van der Waals surface area contributed by atoms with E-state index >= 15 is 0 Å². The molecule has 2 heterocycles. The Labute approximate surface area is 432 Å². The molecule has 3 aliphatic rings. The fourth-order valence-electron chi connectivity index (χ4n) is 10.5. The van der Waals surface area contributed by atoms with E-state index in [0.717, 1.165) is 59.5 Å². The van der Waals surface area contributed by atoms with Gasteiger partial charge in [-0.05, 0) is 92.0 Å². The van der Waals surface area contributed by atoms with Gasteiger partial charge in [0.1, 0.15) is 42.7 Å². The molecule has 3 fully saturated rings. The number of carbonyl (C=O) groups is 5. The fraction of sp³-hybridized carbons (Fsp3) is 0.509. The summed E-state index contributed by atoms with van der Waals surface area (Å²) in [5.74, 6) is -1.30. The number of hydrogen-bond acceptors (Lipinski definition) is 12. The predicted octanol–water partition coefficient (Wildman–Crippen LogP) is 8.72. The van der Waals surface area contributed by atoms with E-state index in [4.69, 9.17) is 25.8 Å². The van der Waals surface area contributed by atoms with Crippen LogP contribution in [-0.4, -0.2) is 96.1 Å². The Balaban J connectivity index is 0.830. The van der Waals surface area contributed by atoms with Crippen LogP contribution in [0, 0.1) is 34.5 Å². The highest BCUT2D eigenvalue weighted by Gasteiger charge is 2.64. The number of halogens is 1. The molecule has 72 heavy (non-hydrogen) atoms. The van der Waals surface area contributed by atoms with Crippen molar-refractivity contribution >= 4 is 58.2 Å². The summed E-state index contributed by atoms with van der Waals surface area (Å²) in [6.45, 7) is 17.9. The first-order chi connectivity index (χ1) is 34.0. The van der Waals surface area contributed by atoms with Gasteiger partial charge in [-0.15, -0.1) is 11.3 Å². The van der Waals surface area contributed by atoms with E-state index in [-0.39, 0.29) is 54.4 Å². The Morgan fingerprint density at radius 3 is 2.25 bits per heavy atom. The quantitative estimate of drug-likeness (QED) is 0.0487. The molecular formula is C55H68ClN7O8S. The number of amides is 4. The lowest BCUT2D eigenvalue weighted by Gasteiger charge is -2.63. The maximum Gasteiger partial charge on any atom is 0.302 e. The van der Waals surface area contributed by atoms with Gasteiger partial charge in [0.05, 0.1) is 38.8 Å². The number of nitrogens with one attached hydrogen (secondary N) is 4. The summed E-state index contributed by atoms with van der Waals surface area (Å²) in [6.07, 6.45) is 3.17. The number of rotatable bonds is 20. The van der Waals surface area contributed by atoms with Crippen LogP contribution in [0.5, 0.6) is 5.75 Å². The SMILES string of the molecule is CC(=O)O[C@@H]1CC(C(=O)NC2(c3ccc(-c4scnc4C)cc3)CC2)N(C(=O)[C@@H](NC(=O)COCCCCCNc2ccc(C(=O)N[C@H]3C(C)(C)[C@H](Oc4ccc(C#N)c(Cl)c4)C3(C)C)cc2)C(C)(C)C)C1. The lowest BCUT2D eigenvalue weighted by molar-refractivity contribution is -0.164. The van der Waals surface area contributed by atoms with Crippen LogP contribution in [0.2, 0.25) is 5.02 Å². The van der Waals surface area contributed by atoms with Gasteiger partial charge in [-0.1, -0.05) is 84.3 Å². The number of unbranched alkanes of at least 4 members (excludes halogenated alkanes) is 2. The monoisotopic (exact) mass is 1020 g/mol. The standard InChI is InChI=1S/C55H68ClN7O8S/c1-33-45(72-32-59-33)35-13-18-38(19-14-35)55(23-24-55)62-48(67)43-28-41(70-34(2)64)30-63(43)49(68)46(52(3,4)5)60-44(65)31-69-26-12-10-11-25-58-39-20-15-36(16-21-39)47(66)61-50-53(6,7)51(54(50,8)9)71-40-22-17-37(29-57)42(56)27-40/h13-22,27,32,41,43,46,50-51,58H,10-12,23-26,28,30-31H2,1-9H3,(H,60,65)(H,61,66)(H,62,67)/t41-,43?,46-,50-,51-/m1/s1.